The van der Waals surface area contributed by atoms with Crippen LogP contribution >= 0.6 is 11.7 Å². The molecule has 0 saturated heterocycles. The molecule has 1 atom stereocenters. The van der Waals surface area contributed by atoms with Crippen molar-refractivity contribution in [2.45, 2.75) is 30.3 Å². The Morgan fingerprint density at radius 3 is 2.05 bits per heavy atom. The van der Waals surface area contributed by atoms with E-state index in [1.165, 1.54) is 6.07 Å². The summed E-state index contributed by atoms with van der Waals surface area (Å²) in [6.07, 6.45) is 0.856. The molecular weight excluding hydrogens is 528 g/mol. The zero-order chi connectivity index (χ0) is 27.1. The Balaban J connectivity index is 1.47. The lowest BCUT2D eigenvalue weighted by Crippen LogP contribution is -2.50. The molecule has 5 aromatic rings. The third-order valence-corrected chi connectivity index (χ3v) is 8.50. The first-order valence-electron chi connectivity index (χ1n) is 12.6. The van der Waals surface area contributed by atoms with E-state index in [1.54, 1.807) is 17.0 Å². The molecule has 0 radical (unpaired) electrons. The summed E-state index contributed by atoms with van der Waals surface area (Å²) in [6.45, 7) is 0.807. The number of benzene rings is 4. The number of carbonyl (C=O) groups is 1. The molecular formula is C30H28N4O3S2. The molecule has 1 heterocycles. The summed E-state index contributed by atoms with van der Waals surface area (Å²) in [5, 5.41) is 0. The van der Waals surface area contributed by atoms with Gasteiger partial charge in [0.25, 0.3) is 0 Å². The minimum absolute atomic E-state index is 0.0125. The fourth-order valence-electron chi connectivity index (χ4n) is 4.48. The minimum Gasteiger partial charge on any atom is -0.337 e. The van der Waals surface area contributed by atoms with Gasteiger partial charge >= 0.3 is 0 Å². The quantitative estimate of drug-likeness (QED) is 0.251. The lowest BCUT2D eigenvalue weighted by molar-refractivity contribution is -0.133. The largest absolute Gasteiger partial charge is 0.337 e. The van der Waals surface area contributed by atoms with Crippen LogP contribution in [0, 0.1) is 0 Å². The molecule has 0 bridgehead atoms. The highest BCUT2D eigenvalue weighted by Gasteiger charge is 2.31. The molecule has 0 saturated carbocycles. The van der Waals surface area contributed by atoms with Gasteiger partial charge in [0.1, 0.15) is 22.0 Å². The number of aromatic nitrogens is 2. The summed E-state index contributed by atoms with van der Waals surface area (Å²) in [6, 6.07) is 32.9. The van der Waals surface area contributed by atoms with Crippen LogP contribution in [0.15, 0.2) is 114 Å². The molecule has 1 aromatic heterocycles. The van der Waals surface area contributed by atoms with E-state index in [0.29, 0.717) is 30.5 Å². The van der Waals surface area contributed by atoms with E-state index in [2.05, 4.69) is 13.5 Å². The second-order valence-electron chi connectivity index (χ2n) is 9.23. The van der Waals surface area contributed by atoms with E-state index in [-0.39, 0.29) is 17.2 Å². The number of rotatable bonds is 11. The van der Waals surface area contributed by atoms with Crippen LogP contribution in [0.4, 0.5) is 0 Å². The maximum atomic E-state index is 14.2. The van der Waals surface area contributed by atoms with Crippen molar-refractivity contribution in [2.75, 3.05) is 6.54 Å². The normalized spacial score (nSPS) is 12.3. The summed E-state index contributed by atoms with van der Waals surface area (Å²) in [4.78, 5) is 15.9. The van der Waals surface area contributed by atoms with Gasteiger partial charge in [0.2, 0.25) is 15.9 Å². The SMILES string of the molecule is O=C([C@H](Cc1ccccc1)NS(=O)(=O)c1cccc2nsnc12)N(CCc1ccccc1)Cc1ccccc1. The smallest absolute Gasteiger partial charge is 0.243 e. The molecule has 39 heavy (non-hydrogen) atoms. The highest BCUT2D eigenvalue weighted by Crippen LogP contribution is 2.22. The summed E-state index contributed by atoms with van der Waals surface area (Å²) in [7, 11) is -4.09. The van der Waals surface area contributed by atoms with Gasteiger partial charge in [-0.1, -0.05) is 97.1 Å². The monoisotopic (exact) mass is 556 g/mol. The van der Waals surface area contributed by atoms with Gasteiger partial charge in [-0.15, -0.1) is 0 Å². The molecule has 0 unspecified atom stereocenters. The van der Waals surface area contributed by atoms with Crippen molar-refractivity contribution in [2.24, 2.45) is 0 Å². The van der Waals surface area contributed by atoms with E-state index in [1.807, 2.05) is 91.0 Å². The first kappa shape index (κ1) is 26.7. The number of fused-ring (bicyclic) bond motifs is 1. The Bertz CT molecular complexity index is 1630. The highest BCUT2D eigenvalue weighted by molar-refractivity contribution is 7.89. The van der Waals surface area contributed by atoms with Gasteiger partial charge in [0, 0.05) is 13.1 Å². The van der Waals surface area contributed by atoms with Gasteiger partial charge in [0.15, 0.2) is 0 Å². The highest BCUT2D eigenvalue weighted by atomic mass is 32.2. The minimum atomic E-state index is -4.09. The Morgan fingerprint density at radius 1 is 0.769 bits per heavy atom. The Labute approximate surface area is 232 Å². The van der Waals surface area contributed by atoms with E-state index in [0.717, 1.165) is 28.4 Å². The topological polar surface area (TPSA) is 92.3 Å². The molecule has 0 aliphatic heterocycles. The van der Waals surface area contributed by atoms with Crippen molar-refractivity contribution in [3.05, 3.63) is 126 Å². The van der Waals surface area contributed by atoms with Crippen LogP contribution in [0.5, 0.6) is 0 Å². The first-order valence-corrected chi connectivity index (χ1v) is 14.8. The Hall–Kier alpha value is -3.92. The molecule has 4 aromatic carbocycles. The first-order chi connectivity index (χ1) is 19.0. The van der Waals surface area contributed by atoms with E-state index in [9.17, 15) is 13.2 Å². The third-order valence-electron chi connectivity index (χ3n) is 6.46. The van der Waals surface area contributed by atoms with Gasteiger partial charge in [0.05, 0.1) is 11.7 Å². The fraction of sp³-hybridized carbons (Fsp3) is 0.167. The van der Waals surface area contributed by atoms with Crippen LogP contribution in [0.25, 0.3) is 11.0 Å². The zero-order valence-corrected chi connectivity index (χ0v) is 22.8. The summed E-state index contributed by atoms with van der Waals surface area (Å²) in [5.41, 5.74) is 3.73. The second-order valence-corrected chi connectivity index (χ2v) is 11.4. The number of hydrogen-bond acceptors (Lipinski definition) is 6. The predicted octanol–water partition coefficient (Wildman–Crippen LogP) is 4.85. The van der Waals surface area contributed by atoms with Gasteiger partial charge in [-0.3, -0.25) is 4.79 Å². The predicted molar refractivity (Wildman–Crippen MR) is 154 cm³/mol. The Morgan fingerprint density at radius 2 is 1.38 bits per heavy atom. The average molecular weight is 557 g/mol. The van der Waals surface area contributed by atoms with Crippen molar-refractivity contribution >= 4 is 38.7 Å². The van der Waals surface area contributed by atoms with Crippen LogP contribution < -0.4 is 4.72 Å². The Kier molecular flexibility index (Phi) is 8.41. The summed E-state index contributed by atoms with van der Waals surface area (Å²) >= 11 is 0.954. The fourth-order valence-corrected chi connectivity index (χ4v) is 6.43. The lowest BCUT2D eigenvalue weighted by Gasteiger charge is -2.28. The van der Waals surface area contributed by atoms with E-state index < -0.39 is 16.1 Å². The van der Waals surface area contributed by atoms with Crippen molar-refractivity contribution in [1.82, 2.24) is 18.4 Å². The number of amides is 1. The maximum absolute atomic E-state index is 14.2. The number of nitrogens with zero attached hydrogens (tertiary/aromatic N) is 3. The zero-order valence-electron chi connectivity index (χ0n) is 21.2. The molecule has 0 fully saturated rings. The lowest BCUT2D eigenvalue weighted by atomic mass is 10.0. The molecule has 0 aliphatic rings. The molecule has 0 spiro atoms. The van der Waals surface area contributed by atoms with Crippen LogP contribution in [0.3, 0.4) is 0 Å². The number of carbonyl (C=O) groups excluding carboxylic acids is 1. The van der Waals surface area contributed by atoms with Crippen LogP contribution in [0.1, 0.15) is 16.7 Å². The van der Waals surface area contributed by atoms with Gasteiger partial charge < -0.3 is 4.90 Å². The van der Waals surface area contributed by atoms with E-state index in [4.69, 9.17) is 0 Å². The van der Waals surface area contributed by atoms with Crippen LogP contribution in [-0.4, -0.2) is 40.6 Å². The van der Waals surface area contributed by atoms with Crippen molar-refractivity contribution in [1.29, 1.82) is 0 Å². The molecule has 1 N–H and O–H groups in total. The summed E-state index contributed by atoms with van der Waals surface area (Å²) in [5.74, 6) is -0.286. The van der Waals surface area contributed by atoms with Gasteiger partial charge in [-0.25, -0.2) is 8.42 Å². The molecule has 5 rings (SSSR count). The van der Waals surface area contributed by atoms with Gasteiger partial charge in [-0.2, -0.15) is 13.5 Å². The van der Waals surface area contributed by atoms with Crippen molar-refractivity contribution < 1.29 is 13.2 Å². The van der Waals surface area contributed by atoms with Gasteiger partial charge in [-0.05, 0) is 41.7 Å². The number of nitrogens with one attached hydrogen (secondary N) is 1. The molecule has 9 heteroatoms. The average Bonchev–Trinajstić information content (AvgIpc) is 3.45. The number of sulfonamides is 1. The van der Waals surface area contributed by atoms with Crippen molar-refractivity contribution in [3.8, 4) is 0 Å². The maximum Gasteiger partial charge on any atom is 0.243 e. The molecule has 7 nitrogen and oxygen atoms in total. The third kappa shape index (κ3) is 6.75. The van der Waals surface area contributed by atoms with Crippen LogP contribution in [-0.2, 0) is 34.2 Å². The standard InChI is InChI=1S/C30H28N4O3S2/c35-30(34(22-25-15-8-3-9-16-25)20-19-23-11-4-1-5-12-23)27(21-24-13-6-2-7-14-24)33-39(36,37)28-18-10-17-26-29(28)32-38-31-26/h1-18,27,33H,19-22H2/t27-/m0/s1. The molecule has 0 aliphatic carbocycles. The second kappa shape index (κ2) is 12.3. The van der Waals surface area contributed by atoms with E-state index >= 15 is 0 Å². The van der Waals surface area contributed by atoms with Crippen molar-refractivity contribution in [3.63, 3.8) is 0 Å². The molecule has 1 amide bonds. The van der Waals surface area contributed by atoms with Crippen LogP contribution in [0.2, 0.25) is 0 Å². The number of hydrogen-bond donors (Lipinski definition) is 1. The molecule has 198 valence electrons. The summed E-state index contributed by atoms with van der Waals surface area (Å²) < 4.78 is 38.4.